The second-order valence-corrected chi connectivity index (χ2v) is 3.87. The van der Waals surface area contributed by atoms with Crippen molar-refractivity contribution < 1.29 is 9.32 Å². The zero-order valence-electron chi connectivity index (χ0n) is 9.38. The molecule has 94 valence electrons. The van der Waals surface area contributed by atoms with Gasteiger partial charge in [0.1, 0.15) is 0 Å². The first-order valence-electron chi connectivity index (χ1n) is 5.53. The Morgan fingerprint density at radius 1 is 1.44 bits per heavy atom. The molecule has 1 fully saturated rings. The summed E-state index contributed by atoms with van der Waals surface area (Å²) in [5.41, 5.74) is 0.506. The molecule has 0 saturated carbocycles. The average Bonchev–Trinajstić information content (AvgIpc) is 3.02. The summed E-state index contributed by atoms with van der Waals surface area (Å²) in [5.74, 6) is 0.694. The maximum absolute atomic E-state index is 11.5. The molecule has 1 atom stereocenters. The van der Waals surface area contributed by atoms with E-state index >= 15 is 0 Å². The second kappa shape index (κ2) is 4.53. The Bertz CT molecular complexity index is 535. The normalized spacial score (nSPS) is 19.8. The summed E-state index contributed by atoms with van der Waals surface area (Å²) >= 11 is 0. The molecular weight excluding hydrogens is 238 g/mol. The number of amides is 1. The largest absolute Gasteiger partial charge is 0.353 e. The number of carbonyl (C=O) groups is 1. The quantitative estimate of drug-likeness (QED) is 0.604. The Hall–Kier alpha value is -2.29. The highest BCUT2D eigenvalue weighted by Gasteiger charge is 2.24. The van der Waals surface area contributed by atoms with Gasteiger partial charge in [-0.1, -0.05) is 5.16 Å². The van der Waals surface area contributed by atoms with Crippen LogP contribution >= 0.6 is 0 Å². The lowest BCUT2D eigenvalue weighted by Gasteiger charge is -2.21. The topological polar surface area (TPSA) is 122 Å². The van der Waals surface area contributed by atoms with Gasteiger partial charge in [-0.2, -0.15) is 20.4 Å². The average molecular weight is 249 g/mol. The van der Waals surface area contributed by atoms with Gasteiger partial charge in [-0.25, -0.2) is 0 Å². The van der Waals surface area contributed by atoms with Crippen LogP contribution in [0.5, 0.6) is 0 Å². The van der Waals surface area contributed by atoms with E-state index < -0.39 is 0 Å². The number of nitrogens with one attached hydrogen (secondary N) is 3. The monoisotopic (exact) mass is 249 g/mol. The van der Waals surface area contributed by atoms with E-state index in [0.717, 1.165) is 6.54 Å². The molecule has 0 bridgehead atoms. The molecule has 18 heavy (non-hydrogen) atoms. The number of piperazine rings is 1. The number of H-pyrrole nitrogens is 1. The second-order valence-electron chi connectivity index (χ2n) is 3.87. The SMILES string of the molecule is O=C1NCCNC1Cc1nc(-c2cn[nH]n2)no1. The predicted octanol–water partition coefficient (Wildman–Crippen LogP) is -1.51. The third-order valence-corrected chi connectivity index (χ3v) is 2.62. The van der Waals surface area contributed by atoms with Crippen LogP contribution in [0.15, 0.2) is 10.7 Å². The number of aromatic nitrogens is 5. The number of hydrogen-bond acceptors (Lipinski definition) is 7. The molecular formula is C9H11N7O2. The van der Waals surface area contributed by atoms with Crippen LogP contribution in [-0.2, 0) is 11.2 Å². The number of hydrogen-bond donors (Lipinski definition) is 3. The molecule has 9 nitrogen and oxygen atoms in total. The van der Waals surface area contributed by atoms with Crippen LogP contribution < -0.4 is 10.6 Å². The summed E-state index contributed by atoms with van der Waals surface area (Å²) < 4.78 is 5.08. The van der Waals surface area contributed by atoms with Crippen molar-refractivity contribution in [3.8, 4) is 11.5 Å². The van der Waals surface area contributed by atoms with Gasteiger partial charge in [-0.15, -0.1) is 0 Å². The molecule has 1 aliphatic heterocycles. The van der Waals surface area contributed by atoms with Crippen molar-refractivity contribution in [1.82, 2.24) is 36.2 Å². The minimum Gasteiger partial charge on any atom is -0.353 e. The molecule has 0 aliphatic carbocycles. The van der Waals surface area contributed by atoms with Gasteiger partial charge < -0.3 is 15.2 Å². The van der Waals surface area contributed by atoms with E-state index in [1.807, 2.05) is 0 Å². The summed E-state index contributed by atoms with van der Waals surface area (Å²) in [6.45, 7) is 1.38. The van der Waals surface area contributed by atoms with E-state index in [1.54, 1.807) is 0 Å². The zero-order chi connectivity index (χ0) is 12.4. The highest BCUT2D eigenvalue weighted by Crippen LogP contribution is 2.11. The smallest absolute Gasteiger partial charge is 0.237 e. The van der Waals surface area contributed by atoms with Crippen molar-refractivity contribution in [3.05, 3.63) is 12.1 Å². The fourth-order valence-electron chi connectivity index (χ4n) is 1.74. The molecule has 2 aromatic rings. The molecule has 0 aromatic carbocycles. The Labute approximate surface area is 101 Å². The lowest BCUT2D eigenvalue weighted by atomic mass is 10.1. The van der Waals surface area contributed by atoms with Gasteiger partial charge in [0, 0.05) is 13.1 Å². The Balaban J connectivity index is 1.72. The van der Waals surface area contributed by atoms with Crippen LogP contribution in [0.2, 0.25) is 0 Å². The first-order chi connectivity index (χ1) is 8.83. The Kier molecular flexibility index (Phi) is 2.73. The summed E-state index contributed by atoms with van der Waals surface area (Å²) in [6.07, 6.45) is 1.86. The maximum atomic E-state index is 11.5. The van der Waals surface area contributed by atoms with Crippen LogP contribution in [0.25, 0.3) is 11.5 Å². The molecule has 3 N–H and O–H groups in total. The summed E-state index contributed by atoms with van der Waals surface area (Å²) in [6, 6.07) is -0.329. The van der Waals surface area contributed by atoms with Crippen LogP contribution in [0.4, 0.5) is 0 Å². The standard InChI is InChI=1S/C9H11N7O2/c17-9-5(10-1-2-11-9)3-7-13-8(15-18-7)6-4-12-16-14-6/h4-5,10H,1-3H2,(H,11,17)(H,12,14,16). The van der Waals surface area contributed by atoms with Gasteiger partial charge in [0.25, 0.3) is 0 Å². The number of rotatable bonds is 3. The minimum atomic E-state index is -0.329. The molecule has 1 unspecified atom stereocenters. The fraction of sp³-hybridized carbons (Fsp3) is 0.444. The van der Waals surface area contributed by atoms with Crippen molar-refractivity contribution in [3.63, 3.8) is 0 Å². The minimum absolute atomic E-state index is 0.0533. The maximum Gasteiger partial charge on any atom is 0.237 e. The van der Waals surface area contributed by atoms with E-state index in [0.29, 0.717) is 30.4 Å². The number of aromatic amines is 1. The molecule has 3 heterocycles. The highest BCUT2D eigenvalue weighted by atomic mass is 16.5. The van der Waals surface area contributed by atoms with E-state index in [4.69, 9.17) is 4.52 Å². The molecule has 0 radical (unpaired) electrons. The van der Waals surface area contributed by atoms with E-state index in [1.165, 1.54) is 6.20 Å². The number of nitrogens with zero attached hydrogens (tertiary/aromatic N) is 4. The van der Waals surface area contributed by atoms with Crippen LogP contribution in [-0.4, -0.2) is 50.6 Å². The zero-order valence-corrected chi connectivity index (χ0v) is 9.38. The molecule has 9 heteroatoms. The lowest BCUT2D eigenvalue weighted by Crippen LogP contribution is -2.53. The van der Waals surface area contributed by atoms with Gasteiger partial charge in [0.05, 0.1) is 18.7 Å². The molecule has 1 aliphatic rings. The third kappa shape index (κ3) is 2.07. The first-order valence-corrected chi connectivity index (χ1v) is 5.53. The highest BCUT2D eigenvalue weighted by molar-refractivity contribution is 5.82. The van der Waals surface area contributed by atoms with Crippen molar-refractivity contribution in [2.75, 3.05) is 13.1 Å². The number of carbonyl (C=O) groups excluding carboxylic acids is 1. The van der Waals surface area contributed by atoms with Gasteiger partial charge in [0.15, 0.2) is 5.69 Å². The van der Waals surface area contributed by atoms with Gasteiger partial charge >= 0.3 is 0 Å². The van der Waals surface area contributed by atoms with Crippen LogP contribution in [0, 0.1) is 0 Å². The van der Waals surface area contributed by atoms with Gasteiger partial charge in [0.2, 0.25) is 17.6 Å². The summed E-state index contributed by atoms with van der Waals surface area (Å²) in [4.78, 5) is 15.7. The van der Waals surface area contributed by atoms with E-state index in [9.17, 15) is 4.79 Å². The summed E-state index contributed by atoms with van der Waals surface area (Å²) in [5, 5.41) is 19.6. The Morgan fingerprint density at radius 2 is 2.39 bits per heavy atom. The van der Waals surface area contributed by atoms with Crippen LogP contribution in [0.3, 0.4) is 0 Å². The summed E-state index contributed by atoms with van der Waals surface area (Å²) in [7, 11) is 0. The van der Waals surface area contributed by atoms with Crippen molar-refractivity contribution >= 4 is 5.91 Å². The van der Waals surface area contributed by atoms with Gasteiger partial charge in [-0.3, -0.25) is 4.79 Å². The van der Waals surface area contributed by atoms with E-state index in [2.05, 4.69) is 36.2 Å². The van der Waals surface area contributed by atoms with Crippen molar-refractivity contribution in [2.45, 2.75) is 12.5 Å². The molecule has 1 saturated heterocycles. The predicted molar refractivity (Wildman–Crippen MR) is 58.2 cm³/mol. The Morgan fingerprint density at radius 3 is 3.17 bits per heavy atom. The molecule has 1 amide bonds. The van der Waals surface area contributed by atoms with Crippen LogP contribution in [0.1, 0.15) is 5.89 Å². The van der Waals surface area contributed by atoms with Gasteiger partial charge in [-0.05, 0) is 0 Å². The first kappa shape index (κ1) is 10.8. The molecule has 2 aromatic heterocycles. The lowest BCUT2D eigenvalue weighted by molar-refractivity contribution is -0.124. The molecule has 3 rings (SSSR count). The van der Waals surface area contributed by atoms with E-state index in [-0.39, 0.29) is 11.9 Å². The molecule has 0 spiro atoms. The van der Waals surface area contributed by atoms with Crippen molar-refractivity contribution in [2.24, 2.45) is 0 Å². The third-order valence-electron chi connectivity index (χ3n) is 2.62. The van der Waals surface area contributed by atoms with Crippen molar-refractivity contribution in [1.29, 1.82) is 0 Å². The fourth-order valence-corrected chi connectivity index (χ4v) is 1.74.